The quantitative estimate of drug-likeness (QED) is 0.284. The van der Waals surface area contributed by atoms with E-state index >= 15 is 0 Å². The van der Waals surface area contributed by atoms with Crippen molar-refractivity contribution < 1.29 is 22.7 Å². The Kier molecular flexibility index (Phi) is 12.6. The van der Waals surface area contributed by atoms with Crippen LogP contribution in [0.5, 0.6) is 0 Å². The molecule has 23 heavy (non-hydrogen) atoms. The SMILES string of the molecule is CC(N)=CC(=O)OCCCCCCCCCCCCC(F)(F)F. The van der Waals surface area contributed by atoms with E-state index in [1.165, 1.54) is 6.08 Å². The molecule has 0 unspecified atom stereocenters. The highest BCUT2D eigenvalue weighted by molar-refractivity contribution is 5.82. The minimum atomic E-state index is -4.01. The molecule has 6 heteroatoms. The Morgan fingerprint density at radius 2 is 1.35 bits per heavy atom. The summed E-state index contributed by atoms with van der Waals surface area (Å²) >= 11 is 0. The Bertz CT molecular complexity index is 337. The van der Waals surface area contributed by atoms with E-state index in [2.05, 4.69) is 0 Å². The molecule has 0 aliphatic rings. The van der Waals surface area contributed by atoms with Crippen LogP contribution in [0.2, 0.25) is 0 Å². The topological polar surface area (TPSA) is 52.3 Å². The first-order valence-electron chi connectivity index (χ1n) is 8.48. The summed E-state index contributed by atoms with van der Waals surface area (Å²) in [5, 5.41) is 0. The zero-order valence-electron chi connectivity index (χ0n) is 14.1. The lowest BCUT2D eigenvalue weighted by molar-refractivity contribution is -0.138. The summed E-state index contributed by atoms with van der Waals surface area (Å²) in [5.74, 6) is -0.393. The molecule has 0 heterocycles. The van der Waals surface area contributed by atoms with Gasteiger partial charge in [-0.3, -0.25) is 0 Å². The summed E-state index contributed by atoms with van der Waals surface area (Å²) in [7, 11) is 0. The van der Waals surface area contributed by atoms with Crippen LogP contribution >= 0.6 is 0 Å². The molecule has 136 valence electrons. The smallest absolute Gasteiger partial charge is 0.389 e. The summed E-state index contributed by atoms with van der Waals surface area (Å²) < 4.78 is 40.8. The van der Waals surface area contributed by atoms with Gasteiger partial charge in [-0.25, -0.2) is 4.79 Å². The number of ether oxygens (including phenoxy) is 1. The Hall–Kier alpha value is -1.20. The maximum atomic E-state index is 11.9. The van der Waals surface area contributed by atoms with Crippen LogP contribution in [0.15, 0.2) is 11.8 Å². The lowest BCUT2D eigenvalue weighted by Gasteiger charge is -2.05. The predicted molar refractivity (Wildman–Crippen MR) is 85.7 cm³/mol. The van der Waals surface area contributed by atoms with Gasteiger partial charge >= 0.3 is 12.1 Å². The second kappa shape index (κ2) is 13.3. The Balaban J connectivity index is 3.20. The van der Waals surface area contributed by atoms with E-state index in [1.54, 1.807) is 6.92 Å². The standard InChI is InChI=1S/C17H30F3NO2/c1-15(21)14-16(22)23-13-11-9-7-5-3-2-4-6-8-10-12-17(18,19)20/h14H,2-13,21H2,1H3. The molecule has 0 radical (unpaired) electrons. The van der Waals surface area contributed by atoms with Gasteiger partial charge in [0.2, 0.25) is 0 Å². The molecule has 0 fully saturated rings. The molecule has 0 atom stereocenters. The normalized spacial score (nSPS) is 12.4. The molecule has 0 aliphatic heterocycles. The average Bonchev–Trinajstić information content (AvgIpc) is 2.42. The van der Waals surface area contributed by atoms with Crippen molar-refractivity contribution >= 4 is 5.97 Å². The first-order chi connectivity index (χ1) is 10.8. The molecular weight excluding hydrogens is 307 g/mol. The van der Waals surface area contributed by atoms with Crippen molar-refractivity contribution in [3.05, 3.63) is 11.8 Å². The van der Waals surface area contributed by atoms with Crippen LogP contribution in [0.3, 0.4) is 0 Å². The van der Waals surface area contributed by atoms with Gasteiger partial charge < -0.3 is 10.5 Å². The van der Waals surface area contributed by atoms with Crippen LogP contribution in [0.1, 0.15) is 77.6 Å². The molecule has 0 aliphatic carbocycles. The monoisotopic (exact) mass is 337 g/mol. The molecule has 0 saturated carbocycles. The third kappa shape index (κ3) is 18.8. The van der Waals surface area contributed by atoms with Gasteiger partial charge in [-0.15, -0.1) is 0 Å². The van der Waals surface area contributed by atoms with Gasteiger partial charge in [-0.2, -0.15) is 13.2 Å². The summed E-state index contributed by atoms with van der Waals surface area (Å²) in [6.45, 7) is 2.05. The van der Waals surface area contributed by atoms with E-state index < -0.39 is 18.6 Å². The van der Waals surface area contributed by atoms with E-state index in [1.807, 2.05) is 0 Å². The van der Waals surface area contributed by atoms with Gasteiger partial charge in [-0.05, 0) is 19.8 Å². The lowest BCUT2D eigenvalue weighted by atomic mass is 10.1. The van der Waals surface area contributed by atoms with Crippen molar-refractivity contribution in [2.24, 2.45) is 5.73 Å². The number of nitrogens with two attached hydrogens (primary N) is 1. The van der Waals surface area contributed by atoms with Crippen LogP contribution in [0, 0.1) is 0 Å². The van der Waals surface area contributed by atoms with Gasteiger partial charge in [0.15, 0.2) is 0 Å². The second-order valence-electron chi connectivity index (χ2n) is 5.96. The Labute approximate surface area is 137 Å². The van der Waals surface area contributed by atoms with Crippen LogP contribution in [0.25, 0.3) is 0 Å². The number of hydrogen-bond donors (Lipinski definition) is 1. The maximum Gasteiger partial charge on any atom is 0.389 e. The average molecular weight is 337 g/mol. The minimum Gasteiger partial charge on any atom is -0.462 e. The fourth-order valence-electron chi connectivity index (χ4n) is 2.24. The summed E-state index contributed by atoms with van der Waals surface area (Å²) in [4.78, 5) is 11.1. The molecule has 0 aromatic rings. The molecule has 2 N–H and O–H groups in total. The summed E-state index contributed by atoms with van der Waals surface area (Å²) in [6.07, 6.45) is 5.72. The van der Waals surface area contributed by atoms with E-state index in [4.69, 9.17) is 10.5 Å². The summed E-state index contributed by atoms with van der Waals surface area (Å²) in [6, 6.07) is 0. The summed E-state index contributed by atoms with van der Waals surface area (Å²) in [5.41, 5.74) is 5.80. The highest BCUT2D eigenvalue weighted by Crippen LogP contribution is 2.23. The van der Waals surface area contributed by atoms with Gasteiger partial charge in [0.25, 0.3) is 0 Å². The number of unbranched alkanes of at least 4 members (excludes halogenated alkanes) is 9. The van der Waals surface area contributed by atoms with Gasteiger partial charge in [0, 0.05) is 18.2 Å². The van der Waals surface area contributed by atoms with Gasteiger partial charge in [-0.1, -0.05) is 51.4 Å². The molecular formula is C17H30F3NO2. The highest BCUT2D eigenvalue weighted by Gasteiger charge is 2.25. The van der Waals surface area contributed by atoms with Crippen molar-refractivity contribution in [2.45, 2.75) is 83.7 Å². The molecule has 0 bridgehead atoms. The van der Waals surface area contributed by atoms with Crippen molar-refractivity contribution in [1.82, 2.24) is 0 Å². The van der Waals surface area contributed by atoms with Gasteiger partial charge in [0.05, 0.1) is 6.61 Å². The van der Waals surface area contributed by atoms with E-state index in [0.717, 1.165) is 51.4 Å². The molecule has 0 aromatic carbocycles. The zero-order valence-corrected chi connectivity index (χ0v) is 14.1. The maximum absolute atomic E-state index is 11.9. The fraction of sp³-hybridized carbons (Fsp3) is 0.824. The fourth-order valence-corrected chi connectivity index (χ4v) is 2.24. The number of hydrogen-bond acceptors (Lipinski definition) is 3. The van der Waals surface area contributed by atoms with E-state index in [9.17, 15) is 18.0 Å². The van der Waals surface area contributed by atoms with E-state index in [-0.39, 0.29) is 6.42 Å². The van der Waals surface area contributed by atoms with Crippen LogP contribution in [-0.4, -0.2) is 18.8 Å². The number of alkyl halides is 3. The van der Waals surface area contributed by atoms with E-state index in [0.29, 0.717) is 18.7 Å². The number of carbonyl (C=O) groups excluding carboxylic acids is 1. The number of carbonyl (C=O) groups is 1. The molecule has 0 rings (SSSR count). The first kappa shape index (κ1) is 21.8. The predicted octanol–water partition coefficient (Wildman–Crippen LogP) is 5.25. The Morgan fingerprint density at radius 1 is 0.913 bits per heavy atom. The van der Waals surface area contributed by atoms with Crippen molar-refractivity contribution in [3.63, 3.8) is 0 Å². The first-order valence-corrected chi connectivity index (χ1v) is 8.48. The van der Waals surface area contributed by atoms with Crippen molar-refractivity contribution in [1.29, 1.82) is 0 Å². The largest absolute Gasteiger partial charge is 0.462 e. The number of allylic oxidation sites excluding steroid dienone is 1. The molecule has 3 nitrogen and oxygen atoms in total. The van der Waals surface area contributed by atoms with Crippen molar-refractivity contribution in [3.8, 4) is 0 Å². The van der Waals surface area contributed by atoms with Gasteiger partial charge in [0.1, 0.15) is 0 Å². The number of halogens is 3. The van der Waals surface area contributed by atoms with Crippen LogP contribution in [0.4, 0.5) is 13.2 Å². The van der Waals surface area contributed by atoms with Crippen LogP contribution < -0.4 is 5.73 Å². The molecule has 0 saturated heterocycles. The molecule has 0 spiro atoms. The second-order valence-corrected chi connectivity index (χ2v) is 5.96. The van der Waals surface area contributed by atoms with Crippen molar-refractivity contribution in [2.75, 3.05) is 6.61 Å². The molecule has 0 amide bonds. The Morgan fingerprint density at radius 3 is 1.78 bits per heavy atom. The van der Waals surface area contributed by atoms with Crippen LogP contribution in [-0.2, 0) is 9.53 Å². The zero-order chi connectivity index (χ0) is 17.6. The third-order valence-corrected chi connectivity index (χ3v) is 3.44. The highest BCUT2D eigenvalue weighted by atomic mass is 19.4. The minimum absolute atomic E-state index is 0.251. The number of rotatable bonds is 13. The molecule has 0 aromatic heterocycles. The lowest BCUT2D eigenvalue weighted by Crippen LogP contribution is -2.06. The number of esters is 1. The third-order valence-electron chi connectivity index (χ3n) is 3.44.